The highest BCUT2D eigenvalue weighted by Crippen LogP contribution is 2.63. The van der Waals surface area contributed by atoms with Gasteiger partial charge in [-0.15, -0.1) is 0 Å². The van der Waals surface area contributed by atoms with Gasteiger partial charge in [0.25, 0.3) is 0 Å². The number of rotatable bonds is 4. The van der Waals surface area contributed by atoms with Gasteiger partial charge in [0.1, 0.15) is 22.7 Å². The quantitative estimate of drug-likeness (QED) is 0.177. The summed E-state index contributed by atoms with van der Waals surface area (Å²) in [5.74, 6) is 4.13. The van der Waals surface area contributed by atoms with Crippen LogP contribution in [0.1, 0.15) is 29.3 Å². The number of ether oxygens (including phenoxy) is 2. The SMILES string of the molecule is c1ccc2c(c1)CCC(Cc1nc(-c3ccc(-c4cccc5c4oc4ccccc45)cc3)c3ccccc3n1)c1c-2cc2c3c1Oc1ccccc1N3c1ccccc1O2. The van der Waals surface area contributed by atoms with E-state index in [1.807, 2.05) is 30.3 Å². The van der Waals surface area contributed by atoms with Crippen LogP contribution in [0.5, 0.6) is 23.0 Å². The second kappa shape index (κ2) is 12.9. The number of fused-ring (bicyclic) bond motifs is 12. The number of benzene rings is 8. The third-order valence-electron chi connectivity index (χ3n) is 12.6. The summed E-state index contributed by atoms with van der Waals surface area (Å²) in [5.41, 5.74) is 14.6. The van der Waals surface area contributed by atoms with E-state index in [4.69, 9.17) is 23.9 Å². The fourth-order valence-corrected chi connectivity index (χ4v) is 9.83. The van der Waals surface area contributed by atoms with Gasteiger partial charge < -0.3 is 13.9 Å². The van der Waals surface area contributed by atoms with Crippen molar-refractivity contribution in [2.24, 2.45) is 0 Å². The molecule has 2 aliphatic heterocycles. The number of aryl methyl sites for hydroxylation is 1. The molecule has 0 spiro atoms. The van der Waals surface area contributed by atoms with Crippen LogP contribution in [0, 0.1) is 0 Å². The van der Waals surface area contributed by atoms with Crippen LogP contribution in [0.15, 0.2) is 174 Å². The van der Waals surface area contributed by atoms with Gasteiger partial charge in [-0.05, 0) is 83.5 Å². The van der Waals surface area contributed by atoms with Crippen LogP contribution in [-0.2, 0) is 12.8 Å². The van der Waals surface area contributed by atoms with E-state index in [1.54, 1.807) is 0 Å². The van der Waals surface area contributed by atoms with Crippen molar-refractivity contribution in [3.63, 3.8) is 0 Å². The molecule has 1 unspecified atom stereocenters. The minimum Gasteiger partial charge on any atom is -0.455 e. The van der Waals surface area contributed by atoms with Crippen LogP contribution in [0.4, 0.5) is 17.1 Å². The number of aromatic nitrogens is 2. The lowest BCUT2D eigenvalue weighted by Gasteiger charge is -2.39. The Morgan fingerprint density at radius 3 is 2.10 bits per heavy atom. The van der Waals surface area contributed by atoms with Crippen LogP contribution < -0.4 is 14.4 Å². The maximum Gasteiger partial charge on any atom is 0.159 e. The molecule has 60 heavy (non-hydrogen) atoms. The van der Waals surface area contributed by atoms with Gasteiger partial charge in [0.15, 0.2) is 23.0 Å². The topological polar surface area (TPSA) is 60.6 Å². The van der Waals surface area contributed by atoms with Crippen molar-refractivity contribution in [2.75, 3.05) is 4.90 Å². The lowest BCUT2D eigenvalue weighted by molar-refractivity contribution is 0.436. The summed E-state index contributed by atoms with van der Waals surface area (Å²) in [7, 11) is 0. The van der Waals surface area contributed by atoms with Gasteiger partial charge in [-0.1, -0.05) is 127 Å². The van der Waals surface area contributed by atoms with Gasteiger partial charge in [-0.3, -0.25) is 4.90 Å². The van der Waals surface area contributed by atoms with Crippen LogP contribution in [0.25, 0.3) is 66.4 Å². The van der Waals surface area contributed by atoms with E-state index in [2.05, 4.69) is 144 Å². The van der Waals surface area contributed by atoms with Gasteiger partial charge >= 0.3 is 0 Å². The maximum atomic E-state index is 7.06. The number of hydrogen-bond acceptors (Lipinski definition) is 6. The molecule has 0 bridgehead atoms. The third kappa shape index (κ3) is 5.00. The fraction of sp³-hybridized carbons (Fsp3) is 0.0741. The number of furan rings is 1. The average Bonchev–Trinajstić information content (AvgIpc) is 3.62. The van der Waals surface area contributed by atoms with Gasteiger partial charge in [-0.2, -0.15) is 0 Å². The molecule has 0 saturated heterocycles. The van der Waals surface area contributed by atoms with Crippen molar-refractivity contribution in [3.8, 4) is 56.5 Å². The van der Waals surface area contributed by atoms with Crippen LogP contribution >= 0.6 is 0 Å². The Kier molecular flexibility index (Phi) is 7.16. The summed E-state index contributed by atoms with van der Waals surface area (Å²) in [6.45, 7) is 0. The molecule has 0 amide bonds. The predicted octanol–water partition coefficient (Wildman–Crippen LogP) is 14.5. The van der Waals surface area contributed by atoms with E-state index >= 15 is 0 Å². The van der Waals surface area contributed by atoms with Crippen LogP contribution in [0.2, 0.25) is 0 Å². The maximum absolute atomic E-state index is 7.06. The lowest BCUT2D eigenvalue weighted by atomic mass is 9.85. The highest BCUT2D eigenvalue weighted by atomic mass is 16.5. The normalized spacial score (nSPS) is 14.7. The molecule has 6 heteroatoms. The van der Waals surface area contributed by atoms with Crippen molar-refractivity contribution in [1.82, 2.24) is 9.97 Å². The van der Waals surface area contributed by atoms with Crippen molar-refractivity contribution in [1.29, 1.82) is 0 Å². The first-order valence-corrected chi connectivity index (χ1v) is 20.6. The number of nitrogens with zero attached hydrogens (tertiary/aromatic N) is 3. The molecule has 0 fully saturated rings. The Labute approximate surface area is 345 Å². The Balaban J connectivity index is 0.945. The van der Waals surface area contributed by atoms with E-state index in [9.17, 15) is 0 Å². The molecule has 0 saturated carbocycles. The third-order valence-corrected chi connectivity index (χ3v) is 12.6. The van der Waals surface area contributed by atoms with E-state index < -0.39 is 0 Å². The first-order chi connectivity index (χ1) is 29.7. The molecule has 8 aromatic carbocycles. The summed E-state index contributed by atoms with van der Waals surface area (Å²) >= 11 is 0. The van der Waals surface area contributed by atoms with Gasteiger partial charge in [0, 0.05) is 39.3 Å². The zero-order chi connectivity index (χ0) is 39.3. The molecule has 284 valence electrons. The zero-order valence-electron chi connectivity index (χ0n) is 32.4. The van der Waals surface area contributed by atoms with Crippen LogP contribution in [0.3, 0.4) is 0 Å². The molecule has 4 heterocycles. The number of hydrogen-bond donors (Lipinski definition) is 0. The predicted molar refractivity (Wildman–Crippen MR) is 239 cm³/mol. The first kappa shape index (κ1) is 33.3. The summed E-state index contributed by atoms with van der Waals surface area (Å²) in [6, 6.07) is 59.3. The van der Waals surface area contributed by atoms with Gasteiger partial charge in [0.2, 0.25) is 0 Å². The Morgan fingerprint density at radius 2 is 1.23 bits per heavy atom. The monoisotopic (exact) mass is 773 g/mol. The smallest absolute Gasteiger partial charge is 0.159 e. The van der Waals surface area contributed by atoms with Gasteiger partial charge in [-0.25, -0.2) is 9.97 Å². The Bertz CT molecular complexity index is 3380. The molecule has 6 nitrogen and oxygen atoms in total. The zero-order valence-corrected chi connectivity index (χ0v) is 32.4. The van der Waals surface area contributed by atoms with E-state index in [0.29, 0.717) is 6.42 Å². The molecular formula is C54H35N3O3. The second-order valence-electron chi connectivity index (χ2n) is 15.9. The van der Waals surface area contributed by atoms with Crippen LogP contribution in [-0.4, -0.2) is 9.97 Å². The highest BCUT2D eigenvalue weighted by Gasteiger charge is 2.40. The fourth-order valence-electron chi connectivity index (χ4n) is 9.83. The molecule has 1 aliphatic carbocycles. The summed E-state index contributed by atoms with van der Waals surface area (Å²) in [5, 5.41) is 3.27. The molecule has 0 N–H and O–H groups in total. The van der Waals surface area contributed by atoms with Crippen molar-refractivity contribution in [2.45, 2.75) is 25.2 Å². The second-order valence-corrected chi connectivity index (χ2v) is 15.9. The van der Waals surface area contributed by atoms with Crippen molar-refractivity contribution in [3.05, 3.63) is 187 Å². The minimum atomic E-state index is 0.0534. The van der Waals surface area contributed by atoms with Gasteiger partial charge in [0.05, 0.1) is 22.6 Å². The average molecular weight is 774 g/mol. The Hall–Kier alpha value is -7.70. The molecular weight excluding hydrogens is 739 g/mol. The number of anilines is 3. The largest absolute Gasteiger partial charge is 0.455 e. The van der Waals surface area contributed by atoms with Crippen molar-refractivity contribution < 1.29 is 13.9 Å². The molecule has 2 aromatic heterocycles. The molecule has 10 aromatic rings. The standard InChI is InChI=1S/C54H35N3O3/c1-2-13-36-32(12-1)26-29-35(50-41(36)31-48-52-54(50)60-47-23-10-7-20-44(47)57(52)43-19-6-9-22-46(43)58-48)30-49-55-42-18-5-3-15-40(42)51(56-49)34-27-24-33(25-28-34)37-16-11-17-39-38-14-4-8-21-45(38)59-53(37)39/h1-25,27-28,31,35H,26,29-30H2. The Morgan fingerprint density at radius 1 is 0.550 bits per heavy atom. The number of para-hydroxylation sites is 7. The highest BCUT2D eigenvalue weighted by molar-refractivity contribution is 6.09. The molecule has 0 radical (unpaired) electrons. The van der Waals surface area contributed by atoms with E-state index in [0.717, 1.165) is 120 Å². The lowest BCUT2D eigenvalue weighted by Crippen LogP contribution is -2.22. The molecule has 1 atom stereocenters. The van der Waals surface area contributed by atoms with Crippen molar-refractivity contribution >= 4 is 49.9 Å². The van der Waals surface area contributed by atoms with E-state index in [1.165, 1.54) is 16.7 Å². The molecule has 13 rings (SSSR count). The molecule has 3 aliphatic rings. The summed E-state index contributed by atoms with van der Waals surface area (Å²) in [4.78, 5) is 13.0. The summed E-state index contributed by atoms with van der Waals surface area (Å²) < 4.78 is 20.2. The summed E-state index contributed by atoms with van der Waals surface area (Å²) in [6.07, 6.45) is 2.46. The first-order valence-electron chi connectivity index (χ1n) is 20.6. The van der Waals surface area contributed by atoms with E-state index in [-0.39, 0.29) is 5.92 Å². The minimum absolute atomic E-state index is 0.0534.